The molecule has 0 radical (unpaired) electrons. The highest BCUT2D eigenvalue weighted by Crippen LogP contribution is 2.68. The molecule has 0 bridgehead atoms. The molecule has 0 spiro atoms. The number of fused-ring (bicyclic) bond motifs is 5. The summed E-state index contributed by atoms with van der Waals surface area (Å²) in [6, 6.07) is 0. The molecule has 0 aliphatic heterocycles. The molecule has 0 aromatic carbocycles. The summed E-state index contributed by atoms with van der Waals surface area (Å²) in [7, 11) is 0. The maximum absolute atomic E-state index is 12.8. The van der Waals surface area contributed by atoms with Crippen LogP contribution in [-0.4, -0.2) is 36.2 Å². The zero-order valence-electron chi connectivity index (χ0n) is 28.9. The van der Waals surface area contributed by atoms with E-state index in [1.54, 1.807) is 0 Å². The summed E-state index contributed by atoms with van der Waals surface area (Å²) in [6.07, 6.45) is 13.3. The van der Waals surface area contributed by atoms with E-state index in [0.717, 1.165) is 43.4 Å². The molecule has 4 rings (SSSR count). The predicted molar refractivity (Wildman–Crippen MR) is 169 cm³/mol. The second-order valence-electron chi connectivity index (χ2n) is 17.0. The summed E-state index contributed by atoms with van der Waals surface area (Å²) in [5.74, 6) is 3.59. The summed E-state index contributed by atoms with van der Waals surface area (Å²) in [5.41, 5.74) is -0.211. The van der Waals surface area contributed by atoms with Gasteiger partial charge in [-0.3, -0.25) is 14.4 Å². The normalized spacial score (nSPS) is 36.5. The summed E-state index contributed by atoms with van der Waals surface area (Å²) < 4.78 is 16.8. The van der Waals surface area contributed by atoms with Gasteiger partial charge in [0, 0.05) is 6.42 Å². The van der Waals surface area contributed by atoms with Crippen molar-refractivity contribution in [3.8, 4) is 0 Å². The molecular formula is C37H62O6. The first-order valence-corrected chi connectivity index (χ1v) is 17.6. The van der Waals surface area contributed by atoms with Crippen molar-refractivity contribution >= 4 is 17.9 Å². The van der Waals surface area contributed by atoms with Gasteiger partial charge in [0.2, 0.25) is 0 Å². The predicted octanol–water partition coefficient (Wildman–Crippen LogP) is 8.68. The molecular weight excluding hydrogens is 540 g/mol. The molecule has 0 aromatic rings. The average Bonchev–Trinajstić information content (AvgIpc) is 3.28. The first-order chi connectivity index (χ1) is 20.0. The molecule has 0 N–H and O–H groups in total. The molecule has 6 heteroatoms. The zero-order chi connectivity index (χ0) is 31.8. The third kappa shape index (κ3) is 7.46. The van der Waals surface area contributed by atoms with Gasteiger partial charge in [-0.2, -0.15) is 0 Å². The Hall–Kier alpha value is -1.59. The van der Waals surface area contributed by atoms with Crippen molar-refractivity contribution in [3.05, 3.63) is 0 Å². The SMILES string of the molecule is CCC(C)(C)C(=O)OC1CC[C@@]2(C)C(CCC3C4CCC(C(C)CCC(=O)OCCC(=O)OC(C)(C)C)[C@@]4(C)CCC32)C1. The van der Waals surface area contributed by atoms with E-state index >= 15 is 0 Å². The molecule has 0 heterocycles. The number of carbonyl (C=O) groups is 3. The maximum Gasteiger partial charge on any atom is 0.311 e. The van der Waals surface area contributed by atoms with E-state index in [0.29, 0.717) is 35.0 Å². The van der Waals surface area contributed by atoms with Crippen molar-refractivity contribution < 1.29 is 28.6 Å². The Bertz CT molecular complexity index is 1010. The summed E-state index contributed by atoms with van der Waals surface area (Å²) in [5, 5.41) is 0. The maximum atomic E-state index is 12.8. The fourth-order valence-corrected chi connectivity index (χ4v) is 10.0. The number of ether oxygens (including phenoxy) is 3. The van der Waals surface area contributed by atoms with Crippen LogP contribution in [0.15, 0.2) is 0 Å². The van der Waals surface area contributed by atoms with Gasteiger partial charge in [0.1, 0.15) is 18.3 Å². The van der Waals surface area contributed by atoms with Crippen LogP contribution in [0.1, 0.15) is 146 Å². The van der Waals surface area contributed by atoms with Gasteiger partial charge >= 0.3 is 17.9 Å². The van der Waals surface area contributed by atoms with Crippen LogP contribution in [0.2, 0.25) is 0 Å². The lowest BCUT2D eigenvalue weighted by Crippen LogP contribution is -2.54. The number of hydrogen-bond acceptors (Lipinski definition) is 6. The third-order valence-electron chi connectivity index (χ3n) is 12.9. The first-order valence-electron chi connectivity index (χ1n) is 17.6. The molecule has 0 aromatic heterocycles. The highest BCUT2D eigenvalue weighted by Gasteiger charge is 2.60. The minimum Gasteiger partial charge on any atom is -0.465 e. The lowest BCUT2D eigenvalue weighted by atomic mass is 9.44. The van der Waals surface area contributed by atoms with Crippen molar-refractivity contribution in [1.29, 1.82) is 0 Å². The average molecular weight is 603 g/mol. The van der Waals surface area contributed by atoms with Gasteiger partial charge < -0.3 is 14.2 Å². The molecule has 4 fully saturated rings. The molecule has 0 amide bonds. The second kappa shape index (κ2) is 13.0. The van der Waals surface area contributed by atoms with E-state index in [-0.39, 0.29) is 37.0 Å². The molecule has 7 unspecified atom stereocenters. The van der Waals surface area contributed by atoms with E-state index in [4.69, 9.17) is 14.2 Å². The number of carbonyl (C=O) groups excluding carboxylic acids is 3. The van der Waals surface area contributed by atoms with Crippen molar-refractivity contribution in [2.75, 3.05) is 6.61 Å². The molecule has 43 heavy (non-hydrogen) atoms. The van der Waals surface area contributed by atoms with E-state index in [1.807, 2.05) is 34.6 Å². The Morgan fingerprint density at radius 2 is 1.51 bits per heavy atom. The number of rotatable bonds is 10. The third-order valence-corrected chi connectivity index (χ3v) is 12.9. The van der Waals surface area contributed by atoms with Crippen molar-refractivity contribution in [1.82, 2.24) is 0 Å². The molecule has 246 valence electrons. The summed E-state index contributed by atoms with van der Waals surface area (Å²) in [4.78, 5) is 37.2. The molecule has 4 saturated carbocycles. The Kier molecular flexibility index (Phi) is 10.4. The van der Waals surface area contributed by atoms with E-state index in [2.05, 4.69) is 27.7 Å². The van der Waals surface area contributed by atoms with Gasteiger partial charge in [0.25, 0.3) is 0 Å². The summed E-state index contributed by atoms with van der Waals surface area (Å²) >= 11 is 0. The Balaban J connectivity index is 1.28. The molecule has 0 saturated heterocycles. The quantitative estimate of drug-likeness (QED) is 0.184. The number of hydrogen-bond donors (Lipinski definition) is 0. The van der Waals surface area contributed by atoms with Crippen LogP contribution in [0.25, 0.3) is 0 Å². The van der Waals surface area contributed by atoms with Crippen LogP contribution in [0.5, 0.6) is 0 Å². The Morgan fingerprint density at radius 1 is 0.837 bits per heavy atom. The largest absolute Gasteiger partial charge is 0.465 e. The van der Waals surface area contributed by atoms with Gasteiger partial charge in [-0.15, -0.1) is 0 Å². The zero-order valence-corrected chi connectivity index (χ0v) is 28.9. The van der Waals surface area contributed by atoms with Crippen LogP contribution >= 0.6 is 0 Å². The van der Waals surface area contributed by atoms with Crippen LogP contribution in [0.3, 0.4) is 0 Å². The summed E-state index contributed by atoms with van der Waals surface area (Å²) in [6.45, 7) is 19.2. The van der Waals surface area contributed by atoms with Crippen molar-refractivity contribution in [2.24, 2.45) is 51.8 Å². The van der Waals surface area contributed by atoms with Crippen LogP contribution < -0.4 is 0 Å². The van der Waals surface area contributed by atoms with Gasteiger partial charge in [0.05, 0.1) is 11.8 Å². The van der Waals surface area contributed by atoms with Crippen molar-refractivity contribution in [3.63, 3.8) is 0 Å². The van der Waals surface area contributed by atoms with Gasteiger partial charge in [0.15, 0.2) is 0 Å². The van der Waals surface area contributed by atoms with Crippen LogP contribution in [0.4, 0.5) is 0 Å². The fraction of sp³-hybridized carbons (Fsp3) is 0.919. The Labute approximate surface area is 262 Å². The molecule has 4 aliphatic rings. The number of esters is 3. The highest BCUT2D eigenvalue weighted by atomic mass is 16.6. The topological polar surface area (TPSA) is 78.9 Å². The standard InChI is InChI=1S/C37H62O6/c1-10-35(6,7)33(40)42-26-17-20-36(8)25(23-26)12-13-27-29-15-14-28(37(29,9)21-18-30(27)36)24(2)11-16-31(38)41-22-19-32(39)43-34(3,4)5/h24-30H,10-23H2,1-9H3/t24?,25?,26?,27?,28?,29?,30?,36-,37+/m0/s1. The van der Waals surface area contributed by atoms with Crippen LogP contribution in [0, 0.1) is 51.8 Å². The molecule has 4 aliphatic carbocycles. The second-order valence-corrected chi connectivity index (χ2v) is 17.0. The highest BCUT2D eigenvalue weighted by molar-refractivity contribution is 5.76. The van der Waals surface area contributed by atoms with E-state index in [9.17, 15) is 14.4 Å². The van der Waals surface area contributed by atoms with Gasteiger partial charge in [-0.25, -0.2) is 0 Å². The fourth-order valence-electron chi connectivity index (χ4n) is 10.0. The lowest BCUT2D eigenvalue weighted by molar-refractivity contribution is -0.171. The first kappa shape index (κ1) is 34.3. The Morgan fingerprint density at radius 3 is 2.19 bits per heavy atom. The van der Waals surface area contributed by atoms with Gasteiger partial charge in [-0.05, 0) is 152 Å². The van der Waals surface area contributed by atoms with Crippen LogP contribution in [-0.2, 0) is 28.6 Å². The molecule has 9 atom stereocenters. The smallest absolute Gasteiger partial charge is 0.311 e. The monoisotopic (exact) mass is 602 g/mol. The van der Waals surface area contributed by atoms with Gasteiger partial charge in [-0.1, -0.05) is 27.7 Å². The molecule has 6 nitrogen and oxygen atoms in total. The van der Waals surface area contributed by atoms with E-state index in [1.165, 1.54) is 44.9 Å². The minimum atomic E-state index is -0.524. The van der Waals surface area contributed by atoms with E-state index < -0.39 is 11.0 Å². The minimum absolute atomic E-state index is 0.0223. The van der Waals surface area contributed by atoms with Crippen molar-refractivity contribution in [2.45, 2.75) is 157 Å². The lowest BCUT2D eigenvalue weighted by Gasteiger charge is -2.61.